The third-order valence-corrected chi connectivity index (χ3v) is 12.7. The molecule has 0 spiro atoms. The minimum Gasteiger partial charge on any atom is -0.478 e. The van der Waals surface area contributed by atoms with Crippen molar-refractivity contribution in [3.8, 4) is 5.75 Å². The molecule has 3 aliphatic heterocycles. The Balaban J connectivity index is 0.888. The largest absolute Gasteiger partial charge is 0.478 e. The summed E-state index contributed by atoms with van der Waals surface area (Å²) in [5.74, 6) is 0.546. The van der Waals surface area contributed by atoms with Gasteiger partial charge in [-0.2, -0.15) is 10.1 Å². The van der Waals surface area contributed by atoms with E-state index in [1.807, 2.05) is 46.1 Å². The van der Waals surface area contributed by atoms with Crippen molar-refractivity contribution in [2.45, 2.75) is 77.7 Å². The maximum atomic E-state index is 15.8. The van der Waals surface area contributed by atoms with Gasteiger partial charge in [0, 0.05) is 68.7 Å². The second-order valence-electron chi connectivity index (χ2n) is 17.2. The van der Waals surface area contributed by atoms with Gasteiger partial charge in [0.15, 0.2) is 12.4 Å². The first-order chi connectivity index (χ1) is 29.3. The lowest BCUT2D eigenvalue weighted by Gasteiger charge is -2.41. The van der Waals surface area contributed by atoms with Gasteiger partial charge in [-0.15, -0.1) is 0 Å². The van der Waals surface area contributed by atoms with E-state index in [9.17, 15) is 19.2 Å². The molecule has 4 aromatic heterocycles. The van der Waals surface area contributed by atoms with Crippen molar-refractivity contribution in [3.05, 3.63) is 69.7 Å². The lowest BCUT2D eigenvalue weighted by Crippen LogP contribution is -2.45. The molecule has 3 fully saturated rings. The number of hydrogen-bond donors (Lipinski definition) is 3. The number of imide groups is 1. The van der Waals surface area contributed by atoms with Gasteiger partial charge < -0.3 is 25.2 Å². The topological polar surface area (TPSA) is 181 Å². The van der Waals surface area contributed by atoms with Crippen LogP contribution in [-0.2, 0) is 21.4 Å². The number of amides is 3. The maximum Gasteiger partial charge on any atom is 0.294 e. The number of anilines is 3. The fourth-order valence-electron chi connectivity index (χ4n) is 9.16. The number of likely N-dealkylation sites (N-methyl/N-ethyl adjacent to an activating group) is 1. The molecule has 322 valence electrons. The number of aryl methyl sites for hydroxylation is 2. The zero-order valence-electron chi connectivity index (χ0n) is 35.6. The molecular formula is C44H54FN11O5. The normalized spacial score (nSPS) is 20.4. The van der Waals surface area contributed by atoms with Crippen molar-refractivity contribution < 1.29 is 23.5 Å². The number of rotatable bonds is 11. The fraction of sp³-hybridized carbons (Fsp3) is 0.500. The summed E-state index contributed by atoms with van der Waals surface area (Å²) in [7, 11) is 3.33. The van der Waals surface area contributed by atoms with Crippen LogP contribution in [0.1, 0.15) is 87.6 Å². The third kappa shape index (κ3) is 8.52. The molecule has 1 aromatic carbocycles. The van der Waals surface area contributed by atoms with Crippen molar-refractivity contribution in [1.29, 1.82) is 0 Å². The number of likely N-dealkylation sites (tertiary alicyclic amines) is 1. The van der Waals surface area contributed by atoms with Crippen LogP contribution in [0.4, 0.5) is 21.8 Å². The number of nitrogens with one attached hydrogen (secondary N) is 3. The molecule has 3 N–H and O–H groups in total. The van der Waals surface area contributed by atoms with Gasteiger partial charge in [0.1, 0.15) is 17.3 Å². The first-order valence-electron chi connectivity index (χ1n) is 21.2. The Morgan fingerprint density at radius 2 is 1.82 bits per heavy atom. The number of halogens is 1. The molecule has 61 heavy (non-hydrogen) atoms. The monoisotopic (exact) mass is 835 g/mol. The van der Waals surface area contributed by atoms with Crippen LogP contribution in [0.25, 0.3) is 21.9 Å². The minimum atomic E-state index is -0.572. The van der Waals surface area contributed by atoms with Crippen LogP contribution in [0.3, 0.4) is 0 Å². The summed E-state index contributed by atoms with van der Waals surface area (Å²) in [5.41, 5.74) is 3.73. The van der Waals surface area contributed by atoms with E-state index in [2.05, 4.69) is 42.8 Å². The lowest BCUT2D eigenvalue weighted by atomic mass is 9.84. The van der Waals surface area contributed by atoms with E-state index in [-0.39, 0.29) is 59.8 Å². The molecule has 1 unspecified atom stereocenters. The number of hydrogen-bond acceptors (Lipinski definition) is 12. The van der Waals surface area contributed by atoms with Gasteiger partial charge in [0.25, 0.3) is 11.5 Å². The molecule has 8 rings (SSSR count). The molecule has 3 atom stereocenters. The number of fused-ring (bicyclic) bond motifs is 2. The summed E-state index contributed by atoms with van der Waals surface area (Å²) < 4.78 is 24.7. The number of pyridine rings is 2. The van der Waals surface area contributed by atoms with E-state index in [1.165, 1.54) is 13.1 Å². The minimum absolute atomic E-state index is 0.0743. The number of benzene rings is 1. The Bertz CT molecular complexity index is 2560. The van der Waals surface area contributed by atoms with Crippen LogP contribution in [0.2, 0.25) is 0 Å². The smallest absolute Gasteiger partial charge is 0.294 e. The molecule has 16 nitrogen and oxygen atoms in total. The molecule has 5 aromatic rings. The summed E-state index contributed by atoms with van der Waals surface area (Å²) >= 11 is 0. The molecule has 0 bridgehead atoms. The maximum absolute atomic E-state index is 15.8. The predicted octanol–water partition coefficient (Wildman–Crippen LogP) is 4.83. The number of carbonyl (C=O) groups is 3. The molecule has 3 amide bonds. The lowest BCUT2D eigenvalue weighted by molar-refractivity contribution is -0.134. The van der Waals surface area contributed by atoms with Gasteiger partial charge in [-0.05, 0) is 107 Å². The Morgan fingerprint density at radius 3 is 2.54 bits per heavy atom. The summed E-state index contributed by atoms with van der Waals surface area (Å²) in [4.78, 5) is 68.5. The molecule has 7 heterocycles. The van der Waals surface area contributed by atoms with Crippen molar-refractivity contribution in [2.75, 3.05) is 56.6 Å². The van der Waals surface area contributed by atoms with Gasteiger partial charge >= 0.3 is 0 Å². The predicted molar refractivity (Wildman–Crippen MR) is 230 cm³/mol. The molecule has 0 radical (unpaired) electrons. The SMILES string of the molecule is CNC(=O)COc1cc2cc(Nc3nc(N4CC[C@H](CN5CCC(c6cc7c(cc6F)c(C6CCC(=O)NC6=O)nn7C)CC5)[C@@H](C)C4)ncc3C)cnc2n(C(C)C)c1=O. The number of aromatic nitrogens is 6. The highest BCUT2D eigenvalue weighted by Crippen LogP contribution is 2.37. The number of ether oxygens (including phenoxy) is 1. The van der Waals surface area contributed by atoms with E-state index in [1.54, 1.807) is 21.5 Å². The Labute approximate surface area is 353 Å². The highest BCUT2D eigenvalue weighted by atomic mass is 19.1. The average Bonchev–Trinajstić information content (AvgIpc) is 3.55. The highest BCUT2D eigenvalue weighted by molar-refractivity contribution is 6.02. The van der Waals surface area contributed by atoms with Crippen molar-refractivity contribution >= 4 is 57.1 Å². The molecule has 3 saturated heterocycles. The van der Waals surface area contributed by atoms with Gasteiger partial charge in [-0.1, -0.05) is 6.92 Å². The molecule has 17 heteroatoms. The number of nitrogens with zero attached hydrogens (tertiary/aromatic N) is 8. The molecule has 0 saturated carbocycles. The van der Waals surface area contributed by atoms with E-state index in [4.69, 9.17) is 14.7 Å². The van der Waals surface area contributed by atoms with E-state index < -0.39 is 5.92 Å². The standard InChI is InChI=1S/C44H54FN11O5/c1-24(2)56-41-29(16-36(43(56)60)61-23-38(58)46-5)15-30(20-47-41)49-40-25(3)19-48-44(51-40)55-14-11-28(26(4)21-55)22-54-12-9-27(10-13-54)32-18-35-33(17-34(32)45)39(52-53(35)6)31-7-8-37(57)50-42(31)59/h15-20,24,26-28,31H,7-14,21-23H2,1-6H3,(H,46,58)(H,48,49,51)(H,50,57,59)/t26-,28+,31?/m0/s1. The molecule has 0 aliphatic carbocycles. The Kier molecular flexibility index (Phi) is 11.8. The summed E-state index contributed by atoms with van der Waals surface area (Å²) in [6, 6.07) is 6.77. The van der Waals surface area contributed by atoms with Crippen LogP contribution < -0.4 is 31.1 Å². The zero-order valence-corrected chi connectivity index (χ0v) is 35.6. The van der Waals surface area contributed by atoms with Gasteiger partial charge in [-0.25, -0.2) is 14.4 Å². The van der Waals surface area contributed by atoms with Gasteiger partial charge in [-0.3, -0.25) is 33.7 Å². The molecule has 3 aliphatic rings. The second kappa shape index (κ2) is 17.2. The quantitative estimate of drug-likeness (QED) is 0.155. The number of piperidine rings is 3. The first kappa shape index (κ1) is 41.8. The van der Waals surface area contributed by atoms with Crippen LogP contribution >= 0.6 is 0 Å². The van der Waals surface area contributed by atoms with Crippen molar-refractivity contribution in [2.24, 2.45) is 18.9 Å². The summed E-state index contributed by atoms with van der Waals surface area (Å²) in [5, 5.41) is 14.2. The van der Waals surface area contributed by atoms with E-state index >= 15 is 4.39 Å². The summed E-state index contributed by atoms with van der Waals surface area (Å²) in [6.07, 6.45) is 6.84. The third-order valence-electron chi connectivity index (χ3n) is 12.7. The zero-order chi connectivity index (χ0) is 43.1. The van der Waals surface area contributed by atoms with Crippen LogP contribution in [0.5, 0.6) is 5.75 Å². The summed E-state index contributed by atoms with van der Waals surface area (Å²) in [6.45, 7) is 12.2. The Hall–Kier alpha value is -5.97. The van der Waals surface area contributed by atoms with Crippen molar-refractivity contribution in [1.82, 2.24) is 44.8 Å². The van der Waals surface area contributed by atoms with Crippen molar-refractivity contribution in [3.63, 3.8) is 0 Å². The van der Waals surface area contributed by atoms with Crippen LogP contribution in [0, 0.1) is 24.6 Å². The Morgan fingerprint density at radius 1 is 1.03 bits per heavy atom. The van der Waals surface area contributed by atoms with E-state index in [0.29, 0.717) is 63.4 Å². The van der Waals surface area contributed by atoms with Gasteiger partial charge in [0.2, 0.25) is 17.8 Å². The first-order valence-corrected chi connectivity index (χ1v) is 21.2. The van der Waals surface area contributed by atoms with Gasteiger partial charge in [0.05, 0.1) is 29.0 Å². The average molecular weight is 836 g/mol. The number of carbonyl (C=O) groups excluding carboxylic acids is 3. The van der Waals surface area contributed by atoms with E-state index in [0.717, 1.165) is 63.1 Å². The molecular weight excluding hydrogens is 782 g/mol. The highest BCUT2D eigenvalue weighted by Gasteiger charge is 2.34. The fourth-order valence-corrected chi connectivity index (χ4v) is 9.16. The second-order valence-corrected chi connectivity index (χ2v) is 17.2. The van der Waals surface area contributed by atoms with Crippen LogP contribution in [-0.4, -0.2) is 98.3 Å². The van der Waals surface area contributed by atoms with Crippen LogP contribution in [0.15, 0.2) is 41.5 Å².